The van der Waals surface area contributed by atoms with Crippen molar-refractivity contribution in [1.29, 1.82) is 0 Å². The van der Waals surface area contributed by atoms with Crippen molar-refractivity contribution in [2.24, 2.45) is 0 Å². The van der Waals surface area contributed by atoms with Gasteiger partial charge in [-0.2, -0.15) is 0 Å². The average Bonchev–Trinajstić information content (AvgIpc) is 3.78. The van der Waals surface area contributed by atoms with Crippen molar-refractivity contribution in [2.45, 2.75) is 384 Å². The minimum atomic E-state index is -2.36. The van der Waals surface area contributed by atoms with Crippen LogP contribution in [0.25, 0.3) is 0 Å². The highest BCUT2D eigenvalue weighted by Crippen LogP contribution is 2.40. The standard InChI is InChI=1S/C66H124O14/c1-4-7-10-13-16-19-22-25-28-31-34-37-40-43-46-49-57(69)75-53-56-63(77-58(70)50-47-44-41-38-35-32-29-26-23-20-17-14-11-8-5-2)64(66(54-68,79-56)80-65-62(74)61(73)60(72)55(52-67)76-65)78-59(71)51-48-45-42-39-36-33-30-27-24-21-18-15-12-9-6-3/h55-56,60-65,67-68,72-74H,4-54H2,1-3H3/t55-,56-,60-,61+,62-,63-,64+,65-,66+/m1/s1. The third-order valence-corrected chi connectivity index (χ3v) is 16.7. The Labute approximate surface area is 488 Å². The minimum Gasteiger partial charge on any atom is -0.463 e. The highest BCUT2D eigenvalue weighted by atomic mass is 16.8. The van der Waals surface area contributed by atoms with E-state index in [0.29, 0.717) is 19.3 Å². The molecule has 14 nitrogen and oxygen atoms in total. The average molecular weight is 1140 g/mol. The van der Waals surface area contributed by atoms with E-state index in [1.165, 1.54) is 199 Å². The molecule has 14 heteroatoms. The molecular weight excluding hydrogens is 1020 g/mol. The Kier molecular flexibility index (Phi) is 46.8. The molecular formula is C66H124O14. The maximum atomic E-state index is 13.8. The number of ether oxygens (including phenoxy) is 6. The van der Waals surface area contributed by atoms with Crippen molar-refractivity contribution in [3.8, 4) is 0 Å². The topological polar surface area (TPSA) is 208 Å². The van der Waals surface area contributed by atoms with Gasteiger partial charge in [0.1, 0.15) is 43.7 Å². The zero-order chi connectivity index (χ0) is 58.2. The summed E-state index contributed by atoms with van der Waals surface area (Å²) in [5.74, 6) is -4.09. The van der Waals surface area contributed by atoms with Gasteiger partial charge in [-0.25, -0.2) is 0 Å². The van der Waals surface area contributed by atoms with Crippen molar-refractivity contribution in [2.75, 3.05) is 19.8 Å². The number of carbonyl (C=O) groups excluding carboxylic acids is 3. The Hall–Kier alpha value is -1.91. The Morgan fingerprint density at radius 1 is 0.388 bits per heavy atom. The second kappa shape index (κ2) is 50.4. The summed E-state index contributed by atoms with van der Waals surface area (Å²) in [6, 6.07) is 0. The summed E-state index contributed by atoms with van der Waals surface area (Å²) in [6.07, 6.45) is 40.5. The molecule has 2 fully saturated rings. The first kappa shape index (κ1) is 74.2. The predicted molar refractivity (Wildman–Crippen MR) is 319 cm³/mol. The fourth-order valence-electron chi connectivity index (χ4n) is 11.5. The van der Waals surface area contributed by atoms with Crippen LogP contribution in [0.15, 0.2) is 0 Å². The lowest BCUT2D eigenvalue weighted by atomic mass is 9.99. The van der Waals surface area contributed by atoms with Gasteiger partial charge in [0.25, 0.3) is 0 Å². The third kappa shape index (κ3) is 34.8. The fourth-order valence-corrected chi connectivity index (χ4v) is 11.5. The van der Waals surface area contributed by atoms with Gasteiger partial charge in [-0.05, 0) is 19.3 Å². The monoisotopic (exact) mass is 1140 g/mol. The molecule has 9 atom stereocenters. The first-order chi connectivity index (χ1) is 39.1. The van der Waals surface area contributed by atoms with Crippen molar-refractivity contribution in [1.82, 2.24) is 0 Å². The van der Waals surface area contributed by atoms with Gasteiger partial charge in [0.2, 0.25) is 5.79 Å². The lowest BCUT2D eigenvalue weighted by Crippen LogP contribution is -2.63. The van der Waals surface area contributed by atoms with Crippen LogP contribution < -0.4 is 0 Å². The van der Waals surface area contributed by atoms with Crippen LogP contribution >= 0.6 is 0 Å². The number of hydrogen-bond acceptors (Lipinski definition) is 14. The number of esters is 3. The van der Waals surface area contributed by atoms with Crippen LogP contribution in [0.3, 0.4) is 0 Å². The summed E-state index contributed by atoms with van der Waals surface area (Å²) in [6.45, 7) is 4.57. The Balaban J connectivity index is 2.06. The maximum Gasteiger partial charge on any atom is 0.306 e. The van der Waals surface area contributed by atoms with E-state index in [9.17, 15) is 39.9 Å². The Morgan fingerprint density at radius 3 is 1.02 bits per heavy atom. The van der Waals surface area contributed by atoms with E-state index in [4.69, 9.17) is 28.4 Å². The molecule has 0 saturated carbocycles. The lowest BCUT2D eigenvalue weighted by Gasteiger charge is -2.43. The number of rotatable bonds is 56. The van der Waals surface area contributed by atoms with Gasteiger partial charge in [0, 0.05) is 19.3 Å². The molecule has 0 spiro atoms. The van der Waals surface area contributed by atoms with Gasteiger partial charge in [-0.3, -0.25) is 14.4 Å². The molecule has 0 aromatic carbocycles. The molecule has 5 N–H and O–H groups in total. The van der Waals surface area contributed by atoms with Crippen molar-refractivity contribution in [3.05, 3.63) is 0 Å². The highest BCUT2D eigenvalue weighted by molar-refractivity contribution is 5.71. The number of aliphatic hydroxyl groups is 5. The second-order valence-corrected chi connectivity index (χ2v) is 24.1. The van der Waals surface area contributed by atoms with Gasteiger partial charge in [0.05, 0.1) is 6.61 Å². The van der Waals surface area contributed by atoms with Crippen LogP contribution in [0.5, 0.6) is 0 Å². The molecule has 0 aliphatic carbocycles. The van der Waals surface area contributed by atoms with Crippen LogP contribution in [0, 0.1) is 0 Å². The van der Waals surface area contributed by atoms with Crippen LogP contribution in [0.1, 0.15) is 329 Å². The Morgan fingerprint density at radius 2 is 0.700 bits per heavy atom. The molecule has 0 unspecified atom stereocenters. The summed E-state index contributed by atoms with van der Waals surface area (Å²) in [4.78, 5) is 40.8. The van der Waals surface area contributed by atoms with E-state index < -0.39 is 92.5 Å². The quantitative estimate of drug-likeness (QED) is 0.0218. The minimum absolute atomic E-state index is 0.0228. The summed E-state index contributed by atoms with van der Waals surface area (Å²) >= 11 is 0. The zero-order valence-corrected chi connectivity index (χ0v) is 51.6. The Bertz CT molecular complexity index is 1450. The smallest absolute Gasteiger partial charge is 0.306 e. The molecule has 2 saturated heterocycles. The van der Waals surface area contributed by atoms with Crippen molar-refractivity contribution in [3.63, 3.8) is 0 Å². The van der Waals surface area contributed by atoms with Gasteiger partial charge < -0.3 is 54.0 Å². The molecule has 2 heterocycles. The summed E-state index contributed by atoms with van der Waals surface area (Å²) < 4.78 is 36.1. The normalized spacial score (nSPS) is 22.9. The van der Waals surface area contributed by atoms with Crippen LogP contribution in [-0.2, 0) is 42.8 Å². The fraction of sp³-hybridized carbons (Fsp3) is 0.955. The predicted octanol–water partition coefficient (Wildman–Crippen LogP) is 15.0. The molecule has 2 aliphatic rings. The van der Waals surface area contributed by atoms with Crippen LogP contribution in [0.2, 0.25) is 0 Å². The number of carbonyl (C=O) groups is 3. The van der Waals surface area contributed by atoms with E-state index in [1.807, 2.05) is 0 Å². The first-order valence-electron chi connectivity index (χ1n) is 33.9. The van der Waals surface area contributed by atoms with Gasteiger partial charge in [-0.1, -0.05) is 290 Å². The molecule has 80 heavy (non-hydrogen) atoms. The van der Waals surface area contributed by atoms with Gasteiger partial charge in [-0.15, -0.1) is 0 Å². The SMILES string of the molecule is CCCCCCCCCCCCCCCCCC(=O)OC[C@H]1O[C@@](CO)(O[C@H]2O[C@H](CO)[C@@H](O)[C@H](O)[C@H]2O)[C@@H](OC(=O)CCCCCCCCCCCCCCCCC)[C@@H]1OC(=O)CCCCCCCCCCCCCCCCC. The molecule has 0 aromatic heterocycles. The van der Waals surface area contributed by atoms with Gasteiger partial charge >= 0.3 is 17.9 Å². The van der Waals surface area contributed by atoms with Crippen molar-refractivity contribution < 1.29 is 68.3 Å². The molecule has 0 bridgehead atoms. The second-order valence-electron chi connectivity index (χ2n) is 24.1. The summed E-state index contributed by atoms with van der Waals surface area (Å²) in [7, 11) is 0. The molecule has 472 valence electrons. The zero-order valence-electron chi connectivity index (χ0n) is 51.6. The van der Waals surface area contributed by atoms with E-state index in [0.717, 1.165) is 70.6 Å². The molecule has 0 radical (unpaired) electrons. The van der Waals surface area contributed by atoms with E-state index in [-0.39, 0.29) is 19.3 Å². The summed E-state index contributed by atoms with van der Waals surface area (Å²) in [5, 5.41) is 53.5. The first-order valence-corrected chi connectivity index (χ1v) is 33.9. The molecule has 2 aliphatic heterocycles. The number of hydrogen-bond donors (Lipinski definition) is 5. The van der Waals surface area contributed by atoms with Crippen LogP contribution in [0.4, 0.5) is 0 Å². The van der Waals surface area contributed by atoms with Gasteiger partial charge in [0.15, 0.2) is 18.5 Å². The molecule has 2 rings (SSSR count). The van der Waals surface area contributed by atoms with Crippen molar-refractivity contribution >= 4 is 17.9 Å². The largest absolute Gasteiger partial charge is 0.463 e. The van der Waals surface area contributed by atoms with Crippen LogP contribution in [-0.4, -0.2) is 118 Å². The lowest BCUT2D eigenvalue weighted by molar-refractivity contribution is -0.383. The molecule has 0 aromatic rings. The van der Waals surface area contributed by atoms with E-state index in [1.54, 1.807) is 0 Å². The highest BCUT2D eigenvalue weighted by Gasteiger charge is 2.63. The maximum absolute atomic E-state index is 13.8. The van der Waals surface area contributed by atoms with E-state index >= 15 is 0 Å². The number of aliphatic hydroxyl groups excluding tert-OH is 5. The third-order valence-electron chi connectivity index (χ3n) is 16.7. The number of unbranched alkanes of at least 4 members (excludes halogenated alkanes) is 42. The summed E-state index contributed by atoms with van der Waals surface area (Å²) in [5.41, 5.74) is 0. The van der Waals surface area contributed by atoms with E-state index in [2.05, 4.69) is 20.8 Å². The molecule has 0 amide bonds.